The standard InChI is InChI=1S/C7H2ClFN2O4S/c8-16(14,15)4-1-6(9)5(3-10)7(2-4)11(12)13/h1-2H. The van der Waals surface area contributed by atoms with E-state index in [1.54, 1.807) is 0 Å². The van der Waals surface area contributed by atoms with Crippen LogP contribution in [0.2, 0.25) is 0 Å². The van der Waals surface area contributed by atoms with Crippen LogP contribution in [-0.4, -0.2) is 13.3 Å². The second-order valence-corrected chi connectivity index (χ2v) is 5.17. The molecule has 0 N–H and O–H groups in total. The molecule has 0 amide bonds. The van der Waals surface area contributed by atoms with Crippen LogP contribution in [0.15, 0.2) is 17.0 Å². The third-order valence-electron chi connectivity index (χ3n) is 1.63. The van der Waals surface area contributed by atoms with Gasteiger partial charge in [-0.25, -0.2) is 12.8 Å². The summed E-state index contributed by atoms with van der Waals surface area (Å²) in [5.74, 6) is -1.31. The summed E-state index contributed by atoms with van der Waals surface area (Å²) in [6, 6.07) is 2.25. The van der Waals surface area contributed by atoms with Gasteiger partial charge >= 0.3 is 0 Å². The fourth-order valence-electron chi connectivity index (χ4n) is 0.963. The van der Waals surface area contributed by atoms with Crippen molar-refractivity contribution in [3.05, 3.63) is 33.6 Å². The number of rotatable bonds is 2. The number of nitro groups is 1. The quantitative estimate of drug-likeness (QED) is 0.458. The van der Waals surface area contributed by atoms with Gasteiger partial charge in [-0.05, 0) is 6.07 Å². The van der Waals surface area contributed by atoms with Crippen LogP contribution < -0.4 is 0 Å². The molecule has 0 aliphatic rings. The maximum Gasteiger partial charge on any atom is 0.291 e. The lowest BCUT2D eigenvalue weighted by Gasteiger charge is -1.99. The first-order valence-electron chi connectivity index (χ1n) is 3.60. The average molecular weight is 265 g/mol. The lowest BCUT2D eigenvalue weighted by Crippen LogP contribution is -2.00. The van der Waals surface area contributed by atoms with E-state index in [1.165, 1.54) is 6.07 Å². The van der Waals surface area contributed by atoms with Crippen molar-refractivity contribution < 1.29 is 17.7 Å². The number of benzene rings is 1. The van der Waals surface area contributed by atoms with Crippen molar-refractivity contribution in [3.8, 4) is 6.07 Å². The second kappa shape index (κ2) is 4.03. The predicted octanol–water partition coefficient (Wildman–Crippen LogP) is 1.53. The smallest absolute Gasteiger partial charge is 0.258 e. The van der Waals surface area contributed by atoms with E-state index in [0.29, 0.717) is 12.1 Å². The lowest BCUT2D eigenvalue weighted by atomic mass is 10.2. The van der Waals surface area contributed by atoms with Gasteiger partial charge in [-0.2, -0.15) is 5.26 Å². The number of nitrogens with zero attached hydrogens (tertiary/aromatic N) is 2. The summed E-state index contributed by atoms with van der Waals surface area (Å²) in [7, 11) is 0.615. The van der Waals surface area contributed by atoms with Crippen molar-refractivity contribution in [2.45, 2.75) is 4.90 Å². The largest absolute Gasteiger partial charge is 0.291 e. The molecule has 0 spiro atoms. The van der Waals surface area contributed by atoms with Gasteiger partial charge in [-0.1, -0.05) is 0 Å². The molecule has 9 heteroatoms. The number of halogens is 2. The molecule has 0 atom stereocenters. The van der Waals surface area contributed by atoms with E-state index in [-0.39, 0.29) is 0 Å². The predicted molar refractivity (Wildman–Crippen MR) is 50.8 cm³/mol. The zero-order chi connectivity index (χ0) is 12.5. The maximum absolute atomic E-state index is 13.2. The molecule has 1 aromatic carbocycles. The SMILES string of the molecule is N#Cc1c(F)cc(S(=O)(=O)Cl)cc1[N+](=O)[O-]. The Labute approximate surface area is 93.4 Å². The van der Waals surface area contributed by atoms with Crippen molar-refractivity contribution >= 4 is 25.4 Å². The summed E-state index contributed by atoms with van der Waals surface area (Å²) < 4.78 is 34.9. The molecule has 1 rings (SSSR count). The topological polar surface area (TPSA) is 101 Å². The van der Waals surface area contributed by atoms with Gasteiger partial charge in [0.2, 0.25) is 0 Å². The average Bonchev–Trinajstić information content (AvgIpc) is 2.14. The normalized spacial score (nSPS) is 10.8. The zero-order valence-corrected chi connectivity index (χ0v) is 8.92. The van der Waals surface area contributed by atoms with Gasteiger partial charge < -0.3 is 0 Å². The highest BCUT2D eigenvalue weighted by molar-refractivity contribution is 8.13. The Hall–Kier alpha value is -1.72. The Bertz CT molecular complexity index is 608. The van der Waals surface area contributed by atoms with Gasteiger partial charge in [0.05, 0.1) is 9.82 Å². The van der Waals surface area contributed by atoms with Crippen LogP contribution in [0.5, 0.6) is 0 Å². The molecular weight excluding hydrogens is 263 g/mol. The molecule has 0 saturated heterocycles. The summed E-state index contributed by atoms with van der Waals surface area (Å²) >= 11 is 0. The van der Waals surface area contributed by atoms with Gasteiger partial charge in [-0.3, -0.25) is 10.1 Å². The van der Waals surface area contributed by atoms with Crippen molar-refractivity contribution in [2.24, 2.45) is 0 Å². The number of nitro benzene ring substituents is 1. The molecule has 6 nitrogen and oxygen atoms in total. The highest BCUT2D eigenvalue weighted by Gasteiger charge is 2.24. The first-order chi connectivity index (χ1) is 7.27. The van der Waals surface area contributed by atoms with Crippen LogP contribution in [0.3, 0.4) is 0 Å². The lowest BCUT2D eigenvalue weighted by molar-refractivity contribution is -0.385. The minimum atomic E-state index is -4.29. The van der Waals surface area contributed by atoms with Crippen molar-refractivity contribution in [1.82, 2.24) is 0 Å². The number of hydrogen-bond donors (Lipinski definition) is 0. The molecule has 0 radical (unpaired) electrons. The fraction of sp³-hybridized carbons (Fsp3) is 0. The van der Waals surface area contributed by atoms with Crippen LogP contribution in [0.4, 0.5) is 10.1 Å². The van der Waals surface area contributed by atoms with Crippen molar-refractivity contribution in [3.63, 3.8) is 0 Å². The van der Waals surface area contributed by atoms with E-state index < -0.39 is 35.9 Å². The molecule has 1 aromatic rings. The number of nitriles is 1. The van der Waals surface area contributed by atoms with E-state index in [4.69, 9.17) is 15.9 Å². The Morgan fingerprint density at radius 2 is 2.06 bits per heavy atom. The van der Waals surface area contributed by atoms with Crippen molar-refractivity contribution in [1.29, 1.82) is 5.26 Å². The van der Waals surface area contributed by atoms with Gasteiger partial charge in [-0.15, -0.1) is 0 Å². The molecule has 0 aliphatic carbocycles. The molecule has 0 heterocycles. The molecule has 0 saturated carbocycles. The highest BCUT2D eigenvalue weighted by atomic mass is 35.7. The van der Waals surface area contributed by atoms with Crippen LogP contribution in [0.25, 0.3) is 0 Å². The Morgan fingerprint density at radius 1 is 1.50 bits per heavy atom. The van der Waals surface area contributed by atoms with Crippen LogP contribution in [-0.2, 0) is 9.05 Å². The molecule has 0 aliphatic heterocycles. The van der Waals surface area contributed by atoms with E-state index in [0.717, 1.165) is 0 Å². The summed E-state index contributed by atoms with van der Waals surface area (Å²) in [6.07, 6.45) is 0. The van der Waals surface area contributed by atoms with E-state index in [9.17, 15) is 22.9 Å². The highest BCUT2D eigenvalue weighted by Crippen LogP contribution is 2.27. The molecule has 0 unspecified atom stereocenters. The van der Waals surface area contributed by atoms with E-state index in [1.807, 2.05) is 0 Å². The Balaban J connectivity index is 3.67. The molecule has 0 fully saturated rings. The maximum atomic E-state index is 13.2. The zero-order valence-electron chi connectivity index (χ0n) is 7.35. The van der Waals surface area contributed by atoms with Crippen molar-refractivity contribution in [2.75, 3.05) is 0 Å². The van der Waals surface area contributed by atoms with Crippen LogP contribution in [0, 0.1) is 27.3 Å². The van der Waals surface area contributed by atoms with Gasteiger partial charge in [0.1, 0.15) is 11.9 Å². The minimum absolute atomic E-state index is 0.452. The molecular formula is C7H2ClFN2O4S. The summed E-state index contributed by atoms with van der Waals surface area (Å²) in [5.41, 5.74) is -1.78. The minimum Gasteiger partial charge on any atom is -0.258 e. The molecule has 0 aromatic heterocycles. The van der Waals surface area contributed by atoms with E-state index >= 15 is 0 Å². The van der Waals surface area contributed by atoms with Gasteiger partial charge in [0, 0.05) is 16.7 Å². The summed E-state index contributed by atoms with van der Waals surface area (Å²) in [6.45, 7) is 0. The second-order valence-electron chi connectivity index (χ2n) is 2.61. The number of hydrogen-bond acceptors (Lipinski definition) is 5. The summed E-state index contributed by atoms with van der Waals surface area (Å²) in [4.78, 5) is 8.63. The van der Waals surface area contributed by atoms with Crippen LogP contribution >= 0.6 is 10.7 Å². The molecule has 0 bridgehead atoms. The third kappa shape index (κ3) is 2.26. The summed E-state index contributed by atoms with van der Waals surface area (Å²) in [5, 5.41) is 18.9. The fourth-order valence-corrected chi connectivity index (χ4v) is 1.73. The Morgan fingerprint density at radius 3 is 2.44 bits per heavy atom. The Kier molecular flexibility index (Phi) is 3.11. The third-order valence-corrected chi connectivity index (χ3v) is 2.97. The molecule has 16 heavy (non-hydrogen) atoms. The van der Waals surface area contributed by atoms with Crippen LogP contribution in [0.1, 0.15) is 5.56 Å². The van der Waals surface area contributed by atoms with Gasteiger partial charge in [0.25, 0.3) is 14.7 Å². The first kappa shape index (κ1) is 12.4. The van der Waals surface area contributed by atoms with E-state index in [2.05, 4.69) is 0 Å². The monoisotopic (exact) mass is 264 g/mol. The molecule has 84 valence electrons. The van der Waals surface area contributed by atoms with Gasteiger partial charge in [0.15, 0.2) is 5.56 Å². The first-order valence-corrected chi connectivity index (χ1v) is 5.91.